The minimum absolute atomic E-state index is 0.0891. The minimum Gasteiger partial charge on any atom is -0.461 e. The summed E-state index contributed by atoms with van der Waals surface area (Å²) in [4.78, 5) is 18.9. The molecule has 0 amide bonds. The fraction of sp³-hybridized carbons (Fsp3) is 0.375. The molecule has 0 fully saturated rings. The number of anilines is 2. The van der Waals surface area contributed by atoms with Gasteiger partial charge in [0.05, 0.1) is 6.61 Å². The highest BCUT2D eigenvalue weighted by atomic mass is 16.5. The first-order valence-electron chi connectivity index (χ1n) is 4.16. The number of ether oxygens (including phenoxy) is 1. The Hall–Kier alpha value is -1.85. The van der Waals surface area contributed by atoms with E-state index in [0.29, 0.717) is 5.82 Å². The van der Waals surface area contributed by atoms with Gasteiger partial charge in [-0.15, -0.1) is 0 Å². The van der Waals surface area contributed by atoms with Gasteiger partial charge < -0.3 is 15.8 Å². The molecule has 0 saturated carbocycles. The van der Waals surface area contributed by atoms with Crippen LogP contribution in [0.25, 0.3) is 0 Å². The molecule has 0 aliphatic carbocycles. The predicted octanol–water partition coefficient (Wildman–Crippen LogP) is 0.277. The molecule has 6 nitrogen and oxygen atoms in total. The van der Waals surface area contributed by atoms with Gasteiger partial charge in [-0.25, -0.2) is 14.8 Å². The molecule has 0 aliphatic heterocycles. The van der Waals surface area contributed by atoms with Crippen LogP contribution >= 0.6 is 0 Å². The normalized spacial score (nSPS) is 9.57. The second-order valence-corrected chi connectivity index (χ2v) is 2.46. The third-order valence-corrected chi connectivity index (χ3v) is 1.59. The number of rotatable bonds is 3. The molecule has 1 aromatic heterocycles. The van der Waals surface area contributed by atoms with Crippen molar-refractivity contribution in [2.24, 2.45) is 0 Å². The van der Waals surface area contributed by atoms with Crippen molar-refractivity contribution >= 4 is 17.5 Å². The van der Waals surface area contributed by atoms with Gasteiger partial charge in [-0.2, -0.15) is 0 Å². The molecule has 6 heteroatoms. The van der Waals surface area contributed by atoms with E-state index in [4.69, 9.17) is 10.5 Å². The Balaban J connectivity index is 3.03. The van der Waals surface area contributed by atoms with E-state index in [9.17, 15) is 4.79 Å². The van der Waals surface area contributed by atoms with Gasteiger partial charge in [-0.05, 0) is 6.92 Å². The van der Waals surface area contributed by atoms with Crippen molar-refractivity contribution in [3.63, 3.8) is 0 Å². The third kappa shape index (κ3) is 1.90. The van der Waals surface area contributed by atoms with Crippen LogP contribution in [0.3, 0.4) is 0 Å². The van der Waals surface area contributed by atoms with E-state index < -0.39 is 5.97 Å². The fourth-order valence-electron chi connectivity index (χ4n) is 0.957. The van der Waals surface area contributed by atoms with E-state index in [1.165, 1.54) is 6.33 Å². The number of carbonyl (C=O) groups is 1. The SMILES string of the molecule is CCOC(=O)c1ncnc(NC)c1N. The molecule has 1 rings (SSSR count). The smallest absolute Gasteiger partial charge is 0.359 e. The van der Waals surface area contributed by atoms with Gasteiger partial charge in [0.2, 0.25) is 0 Å². The van der Waals surface area contributed by atoms with Crippen LogP contribution < -0.4 is 11.1 Å². The fourth-order valence-corrected chi connectivity index (χ4v) is 0.957. The Morgan fingerprint density at radius 3 is 2.93 bits per heavy atom. The van der Waals surface area contributed by atoms with Crippen LogP contribution in [0.15, 0.2) is 6.33 Å². The van der Waals surface area contributed by atoms with Crippen molar-refractivity contribution in [2.75, 3.05) is 24.7 Å². The Labute approximate surface area is 81.5 Å². The maximum atomic E-state index is 11.3. The molecular formula is C8H12N4O2. The van der Waals surface area contributed by atoms with Crippen LogP contribution in [-0.4, -0.2) is 29.6 Å². The summed E-state index contributed by atoms with van der Waals surface area (Å²) in [6, 6.07) is 0. The van der Waals surface area contributed by atoms with Gasteiger partial charge in [0.25, 0.3) is 0 Å². The number of nitrogens with one attached hydrogen (secondary N) is 1. The van der Waals surface area contributed by atoms with E-state index in [1.54, 1.807) is 14.0 Å². The highest BCUT2D eigenvalue weighted by Gasteiger charge is 2.15. The number of carbonyl (C=O) groups excluding carboxylic acids is 1. The quantitative estimate of drug-likeness (QED) is 0.675. The van der Waals surface area contributed by atoms with E-state index in [-0.39, 0.29) is 18.0 Å². The lowest BCUT2D eigenvalue weighted by atomic mass is 10.3. The molecule has 1 aromatic rings. The van der Waals surface area contributed by atoms with Crippen molar-refractivity contribution in [1.29, 1.82) is 0 Å². The van der Waals surface area contributed by atoms with Gasteiger partial charge in [0.15, 0.2) is 11.5 Å². The van der Waals surface area contributed by atoms with Crippen LogP contribution in [-0.2, 0) is 4.74 Å². The first-order valence-corrected chi connectivity index (χ1v) is 4.16. The Bertz CT molecular complexity index is 340. The van der Waals surface area contributed by atoms with Gasteiger partial charge in [0, 0.05) is 7.05 Å². The first-order chi connectivity index (χ1) is 6.70. The summed E-state index contributed by atoms with van der Waals surface area (Å²) < 4.78 is 4.77. The summed E-state index contributed by atoms with van der Waals surface area (Å²) >= 11 is 0. The zero-order valence-corrected chi connectivity index (χ0v) is 8.07. The summed E-state index contributed by atoms with van der Waals surface area (Å²) in [7, 11) is 1.66. The third-order valence-electron chi connectivity index (χ3n) is 1.59. The zero-order chi connectivity index (χ0) is 10.6. The molecule has 0 atom stereocenters. The summed E-state index contributed by atoms with van der Waals surface area (Å²) in [5.41, 5.74) is 5.93. The average molecular weight is 196 g/mol. The number of hydrogen-bond acceptors (Lipinski definition) is 6. The van der Waals surface area contributed by atoms with Gasteiger partial charge in [-0.1, -0.05) is 0 Å². The number of esters is 1. The average Bonchev–Trinajstić information content (AvgIpc) is 2.18. The van der Waals surface area contributed by atoms with Crippen molar-refractivity contribution in [1.82, 2.24) is 9.97 Å². The van der Waals surface area contributed by atoms with Gasteiger partial charge in [-0.3, -0.25) is 0 Å². The lowest BCUT2D eigenvalue weighted by Gasteiger charge is -2.07. The number of nitrogens with two attached hydrogens (primary N) is 1. The van der Waals surface area contributed by atoms with E-state index >= 15 is 0 Å². The number of nitrogens with zero attached hydrogens (tertiary/aromatic N) is 2. The van der Waals surface area contributed by atoms with Crippen LogP contribution in [0.1, 0.15) is 17.4 Å². The molecule has 0 radical (unpaired) electrons. The first kappa shape index (κ1) is 10.2. The maximum absolute atomic E-state index is 11.3. The Morgan fingerprint density at radius 2 is 2.36 bits per heavy atom. The van der Waals surface area contributed by atoms with E-state index in [2.05, 4.69) is 15.3 Å². The lowest BCUT2D eigenvalue weighted by Crippen LogP contribution is -2.12. The molecule has 0 saturated heterocycles. The number of nitrogen functional groups attached to an aromatic ring is 1. The van der Waals surface area contributed by atoms with Gasteiger partial charge in [0.1, 0.15) is 12.0 Å². The topological polar surface area (TPSA) is 90.1 Å². The zero-order valence-electron chi connectivity index (χ0n) is 8.07. The lowest BCUT2D eigenvalue weighted by molar-refractivity contribution is 0.0520. The highest BCUT2D eigenvalue weighted by Crippen LogP contribution is 2.17. The second kappa shape index (κ2) is 4.40. The molecule has 0 aromatic carbocycles. The molecule has 0 unspecified atom stereocenters. The molecule has 1 heterocycles. The molecule has 0 bridgehead atoms. The molecule has 3 N–H and O–H groups in total. The predicted molar refractivity (Wildman–Crippen MR) is 51.9 cm³/mol. The van der Waals surface area contributed by atoms with Crippen molar-refractivity contribution in [2.45, 2.75) is 6.92 Å². The molecular weight excluding hydrogens is 184 g/mol. The summed E-state index contributed by atoms with van der Waals surface area (Å²) in [5.74, 6) is -0.119. The van der Waals surface area contributed by atoms with E-state index in [0.717, 1.165) is 0 Å². The highest BCUT2D eigenvalue weighted by molar-refractivity contribution is 5.95. The number of aromatic nitrogens is 2. The molecule has 14 heavy (non-hydrogen) atoms. The standard InChI is InChI=1S/C8H12N4O2/c1-3-14-8(13)6-5(9)7(10-2)12-4-11-6/h4H,3,9H2,1-2H3,(H,10,11,12). The van der Waals surface area contributed by atoms with Crippen LogP contribution in [0.4, 0.5) is 11.5 Å². The molecule has 76 valence electrons. The minimum atomic E-state index is -0.538. The molecule has 0 spiro atoms. The van der Waals surface area contributed by atoms with Crippen LogP contribution in [0.2, 0.25) is 0 Å². The Morgan fingerprint density at radius 1 is 1.64 bits per heavy atom. The van der Waals surface area contributed by atoms with Crippen molar-refractivity contribution < 1.29 is 9.53 Å². The van der Waals surface area contributed by atoms with Crippen LogP contribution in [0, 0.1) is 0 Å². The largest absolute Gasteiger partial charge is 0.461 e. The summed E-state index contributed by atoms with van der Waals surface area (Å²) in [5, 5.41) is 2.75. The Kier molecular flexibility index (Phi) is 3.22. The summed E-state index contributed by atoms with van der Waals surface area (Å²) in [6.07, 6.45) is 1.26. The number of hydrogen-bond donors (Lipinski definition) is 2. The van der Waals surface area contributed by atoms with E-state index in [1.807, 2.05) is 0 Å². The van der Waals surface area contributed by atoms with Crippen LogP contribution in [0.5, 0.6) is 0 Å². The van der Waals surface area contributed by atoms with Crippen molar-refractivity contribution in [3.05, 3.63) is 12.0 Å². The monoisotopic (exact) mass is 196 g/mol. The summed E-state index contributed by atoms with van der Waals surface area (Å²) in [6.45, 7) is 2.01. The van der Waals surface area contributed by atoms with Gasteiger partial charge >= 0.3 is 5.97 Å². The van der Waals surface area contributed by atoms with Crippen molar-refractivity contribution in [3.8, 4) is 0 Å². The maximum Gasteiger partial charge on any atom is 0.359 e. The molecule has 0 aliphatic rings. The second-order valence-electron chi connectivity index (χ2n) is 2.46.